The zero-order valence-corrected chi connectivity index (χ0v) is 11.2. The van der Waals surface area contributed by atoms with Crippen LogP contribution in [0, 0.1) is 6.92 Å². The van der Waals surface area contributed by atoms with Gasteiger partial charge in [0.1, 0.15) is 0 Å². The summed E-state index contributed by atoms with van der Waals surface area (Å²) in [6.45, 7) is 8.37. The largest absolute Gasteiger partial charge is 0.462 e. The van der Waals surface area contributed by atoms with Crippen molar-refractivity contribution in [2.75, 3.05) is 6.61 Å². The van der Waals surface area contributed by atoms with E-state index >= 15 is 0 Å². The Morgan fingerprint density at radius 3 is 2.59 bits per heavy atom. The molecule has 0 aliphatic carbocycles. The summed E-state index contributed by atoms with van der Waals surface area (Å²) in [7, 11) is 0. The number of hydrogen-bond donors (Lipinski definition) is 0. The standard InChI is InChI=1S/C14H21NO2/c1-5-8-13-12(14(16)17-7-3)9-11(6-2)10(4)15-13/h9H,5-8H2,1-4H3. The SMILES string of the molecule is CCCc1nc(C)c(CC)cc1C(=O)OCC. The fourth-order valence-electron chi connectivity index (χ4n) is 1.87. The van der Waals surface area contributed by atoms with E-state index < -0.39 is 0 Å². The summed E-state index contributed by atoms with van der Waals surface area (Å²) in [5.41, 5.74) is 3.63. The first-order valence-electron chi connectivity index (χ1n) is 6.30. The predicted octanol–water partition coefficient (Wildman–Crippen LogP) is 3.08. The summed E-state index contributed by atoms with van der Waals surface area (Å²) < 4.78 is 5.08. The molecule has 1 heterocycles. The van der Waals surface area contributed by atoms with Gasteiger partial charge in [-0.15, -0.1) is 0 Å². The lowest BCUT2D eigenvalue weighted by molar-refractivity contribution is 0.0524. The molecule has 1 rings (SSSR count). The zero-order valence-electron chi connectivity index (χ0n) is 11.2. The van der Waals surface area contributed by atoms with Crippen molar-refractivity contribution < 1.29 is 9.53 Å². The lowest BCUT2D eigenvalue weighted by Gasteiger charge is -2.11. The first-order valence-corrected chi connectivity index (χ1v) is 6.30. The van der Waals surface area contributed by atoms with Crippen molar-refractivity contribution in [1.82, 2.24) is 4.98 Å². The van der Waals surface area contributed by atoms with Crippen LogP contribution < -0.4 is 0 Å². The summed E-state index contributed by atoms with van der Waals surface area (Å²) in [4.78, 5) is 16.4. The van der Waals surface area contributed by atoms with Gasteiger partial charge in [-0.25, -0.2) is 4.79 Å². The monoisotopic (exact) mass is 235 g/mol. The number of pyridine rings is 1. The van der Waals surface area contributed by atoms with E-state index in [0.717, 1.165) is 36.2 Å². The molecule has 0 aliphatic heterocycles. The molecular formula is C14H21NO2. The Morgan fingerprint density at radius 1 is 1.35 bits per heavy atom. The average molecular weight is 235 g/mol. The van der Waals surface area contributed by atoms with Gasteiger partial charge in [-0.2, -0.15) is 0 Å². The van der Waals surface area contributed by atoms with E-state index in [-0.39, 0.29) is 5.97 Å². The highest BCUT2D eigenvalue weighted by molar-refractivity contribution is 5.90. The molecule has 0 saturated carbocycles. The molecule has 17 heavy (non-hydrogen) atoms. The van der Waals surface area contributed by atoms with E-state index in [1.54, 1.807) is 0 Å². The molecule has 0 fully saturated rings. The number of carbonyl (C=O) groups is 1. The third-order valence-corrected chi connectivity index (χ3v) is 2.76. The first-order chi connectivity index (χ1) is 8.13. The number of rotatable bonds is 5. The molecule has 0 bridgehead atoms. The van der Waals surface area contributed by atoms with Crippen LogP contribution in [-0.4, -0.2) is 17.6 Å². The maximum Gasteiger partial charge on any atom is 0.339 e. The first kappa shape index (κ1) is 13.7. The minimum absolute atomic E-state index is 0.252. The summed E-state index contributed by atoms with van der Waals surface area (Å²) in [6.07, 6.45) is 2.68. The summed E-state index contributed by atoms with van der Waals surface area (Å²) in [6, 6.07) is 1.94. The van der Waals surface area contributed by atoms with Crippen molar-refractivity contribution in [1.29, 1.82) is 0 Å². The van der Waals surface area contributed by atoms with Gasteiger partial charge in [0.05, 0.1) is 17.9 Å². The molecule has 94 valence electrons. The fourth-order valence-corrected chi connectivity index (χ4v) is 1.87. The summed E-state index contributed by atoms with van der Waals surface area (Å²) in [5, 5.41) is 0. The van der Waals surface area contributed by atoms with E-state index in [0.29, 0.717) is 12.2 Å². The van der Waals surface area contributed by atoms with Gasteiger partial charge in [-0.3, -0.25) is 4.98 Å². The van der Waals surface area contributed by atoms with Crippen LogP contribution in [0.25, 0.3) is 0 Å². The van der Waals surface area contributed by atoms with E-state index in [1.807, 2.05) is 19.9 Å². The Balaban J connectivity index is 3.18. The Hall–Kier alpha value is -1.38. The molecule has 3 heteroatoms. The normalized spacial score (nSPS) is 10.4. The van der Waals surface area contributed by atoms with Crippen molar-refractivity contribution >= 4 is 5.97 Å². The topological polar surface area (TPSA) is 39.2 Å². The number of ether oxygens (including phenoxy) is 1. The number of esters is 1. The van der Waals surface area contributed by atoms with Gasteiger partial charge >= 0.3 is 5.97 Å². The van der Waals surface area contributed by atoms with Gasteiger partial charge in [0.2, 0.25) is 0 Å². The maximum atomic E-state index is 11.9. The van der Waals surface area contributed by atoms with Crippen molar-refractivity contribution in [3.8, 4) is 0 Å². The van der Waals surface area contributed by atoms with Gasteiger partial charge in [0.25, 0.3) is 0 Å². The Bertz CT molecular complexity index is 399. The highest BCUT2D eigenvalue weighted by Crippen LogP contribution is 2.16. The van der Waals surface area contributed by atoms with E-state index in [4.69, 9.17) is 4.74 Å². The van der Waals surface area contributed by atoms with E-state index in [2.05, 4.69) is 18.8 Å². The molecule has 0 saturated heterocycles. The number of nitrogens with zero attached hydrogens (tertiary/aromatic N) is 1. The smallest absolute Gasteiger partial charge is 0.339 e. The molecular weight excluding hydrogens is 214 g/mol. The number of carbonyl (C=O) groups excluding carboxylic acids is 1. The van der Waals surface area contributed by atoms with Crippen LogP contribution in [0.3, 0.4) is 0 Å². The van der Waals surface area contributed by atoms with Crippen LogP contribution in [0.1, 0.15) is 54.5 Å². The Labute approximate surface area is 103 Å². The van der Waals surface area contributed by atoms with Crippen LogP contribution in [0.15, 0.2) is 6.07 Å². The Morgan fingerprint density at radius 2 is 2.06 bits per heavy atom. The predicted molar refractivity (Wildman–Crippen MR) is 68.3 cm³/mol. The van der Waals surface area contributed by atoms with Gasteiger partial charge in [-0.05, 0) is 38.3 Å². The maximum absolute atomic E-state index is 11.9. The van der Waals surface area contributed by atoms with Gasteiger partial charge in [0, 0.05) is 5.69 Å². The van der Waals surface area contributed by atoms with Gasteiger partial charge in [-0.1, -0.05) is 20.3 Å². The zero-order chi connectivity index (χ0) is 12.8. The second-order valence-electron chi connectivity index (χ2n) is 4.05. The number of aryl methyl sites for hydroxylation is 3. The van der Waals surface area contributed by atoms with Crippen molar-refractivity contribution in [2.24, 2.45) is 0 Å². The van der Waals surface area contributed by atoms with Crippen LogP contribution >= 0.6 is 0 Å². The molecule has 0 aromatic carbocycles. The molecule has 1 aromatic heterocycles. The molecule has 0 spiro atoms. The fraction of sp³-hybridized carbons (Fsp3) is 0.571. The van der Waals surface area contributed by atoms with Gasteiger partial charge in [0.15, 0.2) is 0 Å². The van der Waals surface area contributed by atoms with Crippen molar-refractivity contribution in [3.63, 3.8) is 0 Å². The van der Waals surface area contributed by atoms with E-state index in [1.165, 1.54) is 0 Å². The number of hydrogen-bond acceptors (Lipinski definition) is 3. The molecule has 1 aromatic rings. The second kappa shape index (κ2) is 6.38. The van der Waals surface area contributed by atoms with Crippen LogP contribution in [0.5, 0.6) is 0 Å². The molecule has 0 aliphatic rings. The van der Waals surface area contributed by atoms with Crippen LogP contribution in [0.4, 0.5) is 0 Å². The lowest BCUT2D eigenvalue weighted by atomic mass is 10.0. The molecule has 3 nitrogen and oxygen atoms in total. The average Bonchev–Trinajstić information content (AvgIpc) is 2.30. The quantitative estimate of drug-likeness (QED) is 0.736. The van der Waals surface area contributed by atoms with Gasteiger partial charge < -0.3 is 4.74 Å². The number of aromatic nitrogens is 1. The van der Waals surface area contributed by atoms with Crippen molar-refractivity contribution in [3.05, 3.63) is 28.6 Å². The second-order valence-corrected chi connectivity index (χ2v) is 4.05. The molecule has 0 unspecified atom stereocenters. The minimum Gasteiger partial charge on any atom is -0.462 e. The Kier molecular flexibility index (Phi) is 5.13. The molecule has 0 radical (unpaired) electrons. The molecule has 0 N–H and O–H groups in total. The highest BCUT2D eigenvalue weighted by atomic mass is 16.5. The van der Waals surface area contributed by atoms with Crippen molar-refractivity contribution in [2.45, 2.75) is 47.0 Å². The van der Waals surface area contributed by atoms with E-state index in [9.17, 15) is 4.79 Å². The third-order valence-electron chi connectivity index (χ3n) is 2.76. The molecule has 0 amide bonds. The summed E-state index contributed by atoms with van der Waals surface area (Å²) >= 11 is 0. The summed E-state index contributed by atoms with van der Waals surface area (Å²) in [5.74, 6) is -0.252. The van der Waals surface area contributed by atoms with Crippen LogP contribution in [0.2, 0.25) is 0 Å². The third kappa shape index (κ3) is 3.29. The minimum atomic E-state index is -0.252. The molecule has 0 atom stereocenters. The van der Waals surface area contributed by atoms with Crippen LogP contribution in [-0.2, 0) is 17.6 Å². The lowest BCUT2D eigenvalue weighted by Crippen LogP contribution is -2.12. The highest BCUT2D eigenvalue weighted by Gasteiger charge is 2.15.